The van der Waals surface area contributed by atoms with Gasteiger partial charge in [0.2, 0.25) is 0 Å². The third kappa shape index (κ3) is 2.67. The zero-order valence-electron chi connectivity index (χ0n) is 13.9. The number of amides is 1. The maximum absolute atomic E-state index is 12.9. The Hall–Kier alpha value is -2.33. The van der Waals surface area contributed by atoms with E-state index in [0.717, 1.165) is 42.8 Å². The van der Waals surface area contributed by atoms with E-state index < -0.39 is 0 Å². The minimum Gasteiger partial charge on any atom is -0.497 e. The highest BCUT2D eigenvalue weighted by Gasteiger charge is 2.39. The SMILES string of the molecule is COc1ccc2c(c1)CC1[C@@H](Cc3ccccc3)NCCN1C2=O. The molecular weight excluding hydrogens is 300 g/mol. The third-order valence-corrected chi connectivity index (χ3v) is 5.16. The van der Waals surface area contributed by atoms with Gasteiger partial charge in [-0.05, 0) is 42.2 Å². The first-order chi connectivity index (χ1) is 11.8. The molecule has 124 valence electrons. The quantitative estimate of drug-likeness (QED) is 0.942. The molecule has 0 aromatic heterocycles. The van der Waals surface area contributed by atoms with Crippen molar-refractivity contribution in [2.24, 2.45) is 0 Å². The van der Waals surface area contributed by atoms with Gasteiger partial charge in [0.05, 0.1) is 13.2 Å². The molecule has 1 unspecified atom stereocenters. The number of fused-ring (bicyclic) bond motifs is 2. The molecule has 4 rings (SSSR count). The van der Waals surface area contributed by atoms with Crippen molar-refractivity contribution in [3.05, 3.63) is 65.2 Å². The van der Waals surface area contributed by atoms with E-state index in [0.29, 0.717) is 0 Å². The number of benzene rings is 2. The zero-order valence-corrected chi connectivity index (χ0v) is 13.9. The van der Waals surface area contributed by atoms with Gasteiger partial charge in [-0.2, -0.15) is 0 Å². The van der Waals surface area contributed by atoms with E-state index in [-0.39, 0.29) is 18.0 Å². The van der Waals surface area contributed by atoms with Crippen LogP contribution in [0.5, 0.6) is 5.75 Å². The first-order valence-electron chi connectivity index (χ1n) is 8.51. The summed E-state index contributed by atoms with van der Waals surface area (Å²) in [6.07, 6.45) is 1.82. The normalized spacial score (nSPS) is 22.7. The summed E-state index contributed by atoms with van der Waals surface area (Å²) >= 11 is 0. The van der Waals surface area contributed by atoms with Crippen LogP contribution in [0.1, 0.15) is 21.5 Å². The van der Waals surface area contributed by atoms with Gasteiger partial charge in [-0.3, -0.25) is 4.79 Å². The lowest BCUT2D eigenvalue weighted by Crippen LogP contribution is -2.62. The van der Waals surface area contributed by atoms with Crippen molar-refractivity contribution < 1.29 is 9.53 Å². The molecular formula is C20H22N2O2. The van der Waals surface area contributed by atoms with Crippen LogP contribution < -0.4 is 10.1 Å². The van der Waals surface area contributed by atoms with E-state index in [1.165, 1.54) is 5.56 Å². The minimum absolute atomic E-state index is 0.156. The Kier molecular flexibility index (Phi) is 3.98. The molecule has 24 heavy (non-hydrogen) atoms. The third-order valence-electron chi connectivity index (χ3n) is 5.16. The standard InChI is InChI=1S/C20H22N2O2/c1-24-16-7-8-17-15(12-16)13-19-18(11-14-5-3-2-4-6-14)21-9-10-22(19)20(17)23/h2-8,12,18-19,21H,9-11,13H2,1H3/t18-,19?/m1/s1. The Morgan fingerprint density at radius 1 is 1.21 bits per heavy atom. The maximum atomic E-state index is 12.9. The fraction of sp³-hybridized carbons (Fsp3) is 0.350. The number of nitrogens with zero attached hydrogens (tertiary/aromatic N) is 1. The number of hydrogen-bond acceptors (Lipinski definition) is 3. The molecule has 1 fully saturated rings. The fourth-order valence-electron chi connectivity index (χ4n) is 3.92. The minimum atomic E-state index is 0.156. The highest BCUT2D eigenvalue weighted by atomic mass is 16.5. The Morgan fingerprint density at radius 2 is 2.04 bits per heavy atom. The summed E-state index contributed by atoms with van der Waals surface area (Å²) in [6.45, 7) is 1.63. The first kappa shape index (κ1) is 15.2. The van der Waals surface area contributed by atoms with Gasteiger partial charge in [0.15, 0.2) is 0 Å². The fourth-order valence-corrected chi connectivity index (χ4v) is 3.92. The molecule has 2 heterocycles. The van der Waals surface area contributed by atoms with Crippen LogP contribution in [0.3, 0.4) is 0 Å². The number of ether oxygens (including phenoxy) is 1. The topological polar surface area (TPSA) is 41.6 Å². The van der Waals surface area contributed by atoms with Gasteiger partial charge in [0, 0.05) is 24.7 Å². The molecule has 0 bridgehead atoms. The lowest BCUT2D eigenvalue weighted by molar-refractivity contribution is 0.0526. The van der Waals surface area contributed by atoms with Crippen LogP contribution in [0.25, 0.3) is 0 Å². The molecule has 0 aliphatic carbocycles. The second-order valence-electron chi connectivity index (χ2n) is 6.54. The smallest absolute Gasteiger partial charge is 0.254 e. The Labute approximate surface area is 142 Å². The first-order valence-corrected chi connectivity index (χ1v) is 8.51. The molecule has 2 aliphatic rings. The predicted molar refractivity (Wildman–Crippen MR) is 93.5 cm³/mol. The largest absolute Gasteiger partial charge is 0.497 e. The summed E-state index contributed by atoms with van der Waals surface area (Å²) < 4.78 is 5.33. The second kappa shape index (κ2) is 6.29. The van der Waals surface area contributed by atoms with Gasteiger partial charge in [-0.1, -0.05) is 30.3 Å². The van der Waals surface area contributed by atoms with E-state index in [1.54, 1.807) is 7.11 Å². The summed E-state index contributed by atoms with van der Waals surface area (Å²) in [5, 5.41) is 3.62. The van der Waals surface area contributed by atoms with Crippen LogP contribution in [0.4, 0.5) is 0 Å². The lowest BCUT2D eigenvalue weighted by Gasteiger charge is -2.45. The van der Waals surface area contributed by atoms with Crippen LogP contribution in [0.2, 0.25) is 0 Å². The molecule has 4 heteroatoms. The van der Waals surface area contributed by atoms with Gasteiger partial charge in [0.25, 0.3) is 5.91 Å². The molecule has 1 saturated heterocycles. The van der Waals surface area contributed by atoms with Crippen molar-refractivity contribution >= 4 is 5.91 Å². The monoisotopic (exact) mass is 322 g/mol. The van der Waals surface area contributed by atoms with Crippen molar-refractivity contribution in [3.63, 3.8) is 0 Å². The van der Waals surface area contributed by atoms with Crippen molar-refractivity contribution in [2.75, 3.05) is 20.2 Å². The number of piperazine rings is 1. The molecule has 4 nitrogen and oxygen atoms in total. The molecule has 0 radical (unpaired) electrons. The van der Waals surface area contributed by atoms with Crippen LogP contribution in [-0.2, 0) is 12.8 Å². The van der Waals surface area contributed by atoms with Crippen molar-refractivity contribution in [1.29, 1.82) is 0 Å². The summed E-state index contributed by atoms with van der Waals surface area (Å²) in [6, 6.07) is 16.8. The summed E-state index contributed by atoms with van der Waals surface area (Å²) in [7, 11) is 1.67. The summed E-state index contributed by atoms with van der Waals surface area (Å²) in [5.74, 6) is 0.974. The molecule has 1 amide bonds. The van der Waals surface area contributed by atoms with Gasteiger partial charge in [-0.25, -0.2) is 0 Å². The predicted octanol–water partition coefficient (Wildman–Crippen LogP) is 2.28. The highest BCUT2D eigenvalue weighted by Crippen LogP contribution is 2.30. The Bertz CT molecular complexity index is 745. The van der Waals surface area contributed by atoms with Crippen LogP contribution in [-0.4, -0.2) is 43.1 Å². The number of carbonyl (C=O) groups excluding carboxylic acids is 1. The summed E-state index contributed by atoms with van der Waals surface area (Å²) in [4.78, 5) is 15.0. The highest BCUT2D eigenvalue weighted by molar-refractivity contribution is 5.97. The van der Waals surface area contributed by atoms with E-state index in [9.17, 15) is 4.79 Å². The maximum Gasteiger partial charge on any atom is 0.254 e. The van der Waals surface area contributed by atoms with Gasteiger partial charge in [0.1, 0.15) is 5.75 Å². The van der Waals surface area contributed by atoms with Crippen molar-refractivity contribution in [3.8, 4) is 5.75 Å². The zero-order chi connectivity index (χ0) is 16.5. The Balaban J connectivity index is 1.63. The van der Waals surface area contributed by atoms with Crippen LogP contribution in [0, 0.1) is 0 Å². The molecule has 0 spiro atoms. The molecule has 1 N–H and O–H groups in total. The van der Waals surface area contributed by atoms with Crippen LogP contribution >= 0.6 is 0 Å². The van der Waals surface area contributed by atoms with Gasteiger partial charge >= 0.3 is 0 Å². The van der Waals surface area contributed by atoms with Crippen molar-refractivity contribution in [1.82, 2.24) is 10.2 Å². The van der Waals surface area contributed by atoms with E-state index >= 15 is 0 Å². The number of methoxy groups -OCH3 is 1. The van der Waals surface area contributed by atoms with Gasteiger partial charge < -0.3 is 15.0 Å². The molecule has 2 aromatic rings. The number of hydrogen-bond donors (Lipinski definition) is 1. The van der Waals surface area contributed by atoms with E-state index in [1.807, 2.05) is 24.3 Å². The van der Waals surface area contributed by atoms with Crippen molar-refractivity contribution in [2.45, 2.75) is 24.9 Å². The Morgan fingerprint density at radius 3 is 2.83 bits per heavy atom. The molecule has 2 aliphatic heterocycles. The van der Waals surface area contributed by atoms with E-state index in [2.05, 4.69) is 34.5 Å². The number of carbonyl (C=O) groups is 1. The number of rotatable bonds is 3. The average molecular weight is 322 g/mol. The molecule has 0 saturated carbocycles. The lowest BCUT2D eigenvalue weighted by atomic mass is 9.85. The molecule has 2 atom stereocenters. The number of nitrogens with one attached hydrogen (secondary N) is 1. The van der Waals surface area contributed by atoms with Gasteiger partial charge in [-0.15, -0.1) is 0 Å². The summed E-state index contributed by atoms with van der Waals surface area (Å²) in [5.41, 5.74) is 3.23. The van der Waals surface area contributed by atoms with Crippen LogP contribution in [0.15, 0.2) is 48.5 Å². The second-order valence-corrected chi connectivity index (χ2v) is 6.54. The average Bonchev–Trinajstić information content (AvgIpc) is 2.63. The molecule has 2 aromatic carbocycles. The van der Waals surface area contributed by atoms with E-state index in [4.69, 9.17) is 4.74 Å².